The molecule has 14 heavy (non-hydrogen) atoms. The number of aromatic amines is 1. The van der Waals surface area contributed by atoms with Gasteiger partial charge < -0.3 is 10.5 Å². The van der Waals surface area contributed by atoms with Crippen LogP contribution < -0.4 is 10.5 Å². The van der Waals surface area contributed by atoms with Gasteiger partial charge in [0.2, 0.25) is 0 Å². The molecule has 0 spiro atoms. The molecule has 0 amide bonds. The number of fused-ring (bicyclic) bond motifs is 1. The average molecular weight is 191 g/mol. The molecule has 1 heterocycles. The Kier molecular flexibility index (Phi) is 2.37. The Labute approximate surface area is 82.1 Å². The lowest BCUT2D eigenvalue weighted by atomic mass is 10.2. The Balaban J connectivity index is 2.46. The number of aryl methyl sites for hydroxylation is 1. The SMILES string of the molecule is Cc1[nH]nc2cccc(OCCN)c12. The molecule has 0 aliphatic rings. The quantitative estimate of drug-likeness (QED) is 0.766. The van der Waals surface area contributed by atoms with E-state index in [9.17, 15) is 0 Å². The Morgan fingerprint density at radius 2 is 2.36 bits per heavy atom. The third-order valence-electron chi connectivity index (χ3n) is 2.10. The summed E-state index contributed by atoms with van der Waals surface area (Å²) in [5.74, 6) is 0.846. The fraction of sp³-hybridized carbons (Fsp3) is 0.300. The van der Waals surface area contributed by atoms with Gasteiger partial charge in [0, 0.05) is 12.2 Å². The Hall–Kier alpha value is -1.55. The van der Waals surface area contributed by atoms with E-state index >= 15 is 0 Å². The van der Waals surface area contributed by atoms with Crippen LogP contribution in [-0.2, 0) is 0 Å². The molecular weight excluding hydrogens is 178 g/mol. The number of hydrogen-bond donors (Lipinski definition) is 2. The number of nitrogens with zero attached hydrogens (tertiary/aromatic N) is 1. The average Bonchev–Trinajstić information content (AvgIpc) is 2.58. The van der Waals surface area contributed by atoms with E-state index in [0.717, 1.165) is 22.3 Å². The molecule has 0 saturated carbocycles. The summed E-state index contributed by atoms with van der Waals surface area (Å²) < 4.78 is 5.52. The molecule has 0 unspecified atom stereocenters. The molecule has 0 fully saturated rings. The topological polar surface area (TPSA) is 63.9 Å². The number of ether oxygens (including phenoxy) is 1. The van der Waals surface area contributed by atoms with Gasteiger partial charge in [-0.05, 0) is 19.1 Å². The van der Waals surface area contributed by atoms with E-state index < -0.39 is 0 Å². The fourth-order valence-electron chi connectivity index (χ4n) is 1.48. The lowest BCUT2D eigenvalue weighted by molar-refractivity contribution is 0.332. The maximum Gasteiger partial charge on any atom is 0.130 e. The summed E-state index contributed by atoms with van der Waals surface area (Å²) in [7, 11) is 0. The zero-order valence-corrected chi connectivity index (χ0v) is 8.08. The summed E-state index contributed by atoms with van der Waals surface area (Å²) in [5, 5.41) is 8.13. The Morgan fingerprint density at radius 1 is 1.50 bits per heavy atom. The maximum absolute atomic E-state index is 5.52. The second-order valence-corrected chi connectivity index (χ2v) is 3.14. The molecule has 0 saturated heterocycles. The van der Waals surface area contributed by atoms with Gasteiger partial charge >= 0.3 is 0 Å². The lowest BCUT2D eigenvalue weighted by Gasteiger charge is -2.05. The fourth-order valence-corrected chi connectivity index (χ4v) is 1.48. The van der Waals surface area contributed by atoms with Gasteiger partial charge in [-0.15, -0.1) is 0 Å². The number of rotatable bonds is 3. The number of nitrogens with two attached hydrogens (primary N) is 1. The van der Waals surface area contributed by atoms with Crippen LogP contribution >= 0.6 is 0 Å². The van der Waals surface area contributed by atoms with Gasteiger partial charge in [-0.1, -0.05) is 6.07 Å². The first-order valence-electron chi connectivity index (χ1n) is 4.59. The van der Waals surface area contributed by atoms with Crippen LogP contribution in [0.1, 0.15) is 5.69 Å². The zero-order chi connectivity index (χ0) is 9.97. The third kappa shape index (κ3) is 1.44. The molecule has 1 aromatic carbocycles. The maximum atomic E-state index is 5.52. The predicted octanol–water partition coefficient (Wildman–Crippen LogP) is 1.21. The van der Waals surface area contributed by atoms with Crippen LogP contribution in [-0.4, -0.2) is 23.3 Å². The van der Waals surface area contributed by atoms with E-state index in [-0.39, 0.29) is 0 Å². The highest BCUT2D eigenvalue weighted by molar-refractivity contribution is 5.87. The van der Waals surface area contributed by atoms with Crippen molar-refractivity contribution in [1.82, 2.24) is 10.2 Å². The van der Waals surface area contributed by atoms with Gasteiger partial charge in [0.15, 0.2) is 0 Å². The molecule has 0 radical (unpaired) electrons. The number of aromatic nitrogens is 2. The summed E-state index contributed by atoms with van der Waals surface area (Å²) in [6.45, 7) is 3.03. The van der Waals surface area contributed by atoms with Crippen LogP contribution in [0.25, 0.3) is 10.9 Å². The van der Waals surface area contributed by atoms with Crippen molar-refractivity contribution < 1.29 is 4.74 Å². The molecule has 2 aromatic rings. The lowest BCUT2D eigenvalue weighted by Crippen LogP contribution is -2.10. The number of benzene rings is 1. The van der Waals surface area contributed by atoms with Crippen molar-refractivity contribution in [2.75, 3.05) is 13.2 Å². The molecule has 2 rings (SSSR count). The molecule has 0 bridgehead atoms. The van der Waals surface area contributed by atoms with Gasteiger partial charge in [-0.2, -0.15) is 5.10 Å². The predicted molar refractivity (Wildman–Crippen MR) is 55.4 cm³/mol. The summed E-state index contributed by atoms with van der Waals surface area (Å²) >= 11 is 0. The molecule has 4 nitrogen and oxygen atoms in total. The molecule has 3 N–H and O–H groups in total. The van der Waals surface area contributed by atoms with Crippen LogP contribution in [0.15, 0.2) is 18.2 Å². The summed E-state index contributed by atoms with van der Waals surface area (Å²) in [4.78, 5) is 0. The van der Waals surface area contributed by atoms with Gasteiger partial charge in [0.1, 0.15) is 12.4 Å². The second kappa shape index (κ2) is 3.67. The minimum absolute atomic E-state index is 0.521. The molecular formula is C10H13N3O. The molecule has 4 heteroatoms. The van der Waals surface area contributed by atoms with E-state index in [2.05, 4.69) is 10.2 Å². The first-order valence-corrected chi connectivity index (χ1v) is 4.59. The highest BCUT2D eigenvalue weighted by Crippen LogP contribution is 2.26. The van der Waals surface area contributed by atoms with E-state index in [0.29, 0.717) is 13.2 Å². The van der Waals surface area contributed by atoms with Crippen molar-refractivity contribution in [2.45, 2.75) is 6.92 Å². The van der Waals surface area contributed by atoms with Crippen molar-refractivity contribution in [3.63, 3.8) is 0 Å². The molecule has 1 aromatic heterocycles. The van der Waals surface area contributed by atoms with Gasteiger partial charge in [0.05, 0.1) is 10.9 Å². The highest BCUT2D eigenvalue weighted by Gasteiger charge is 2.06. The second-order valence-electron chi connectivity index (χ2n) is 3.14. The first-order chi connectivity index (χ1) is 6.83. The summed E-state index contributed by atoms with van der Waals surface area (Å²) in [5.41, 5.74) is 7.33. The monoisotopic (exact) mass is 191 g/mol. The largest absolute Gasteiger partial charge is 0.491 e. The van der Waals surface area contributed by atoms with Crippen LogP contribution in [0.4, 0.5) is 0 Å². The molecule has 0 aliphatic carbocycles. The highest BCUT2D eigenvalue weighted by atomic mass is 16.5. The summed E-state index contributed by atoms with van der Waals surface area (Å²) in [6, 6.07) is 5.81. The third-order valence-corrected chi connectivity index (χ3v) is 2.10. The number of nitrogens with one attached hydrogen (secondary N) is 1. The van der Waals surface area contributed by atoms with Crippen LogP contribution in [0, 0.1) is 6.92 Å². The van der Waals surface area contributed by atoms with Crippen molar-refractivity contribution >= 4 is 10.9 Å². The van der Waals surface area contributed by atoms with Crippen molar-refractivity contribution in [2.24, 2.45) is 5.73 Å². The Bertz CT molecular complexity index is 436. The standard InChI is InChI=1S/C10H13N3O/c1-7-10-8(13-12-7)3-2-4-9(10)14-6-5-11/h2-4H,5-6,11H2,1H3,(H,12,13). The van der Waals surface area contributed by atoms with Crippen LogP contribution in [0.2, 0.25) is 0 Å². The van der Waals surface area contributed by atoms with E-state index in [1.165, 1.54) is 0 Å². The molecule has 0 atom stereocenters. The minimum atomic E-state index is 0.521. The van der Waals surface area contributed by atoms with Gasteiger partial charge in [0.25, 0.3) is 0 Å². The smallest absolute Gasteiger partial charge is 0.130 e. The van der Waals surface area contributed by atoms with Gasteiger partial charge in [-0.3, -0.25) is 5.10 Å². The van der Waals surface area contributed by atoms with Crippen molar-refractivity contribution in [3.8, 4) is 5.75 Å². The number of H-pyrrole nitrogens is 1. The van der Waals surface area contributed by atoms with Crippen molar-refractivity contribution in [1.29, 1.82) is 0 Å². The van der Waals surface area contributed by atoms with Crippen LogP contribution in [0.5, 0.6) is 5.75 Å². The molecule has 0 aliphatic heterocycles. The molecule has 74 valence electrons. The Morgan fingerprint density at radius 3 is 3.14 bits per heavy atom. The van der Waals surface area contributed by atoms with Crippen LogP contribution in [0.3, 0.4) is 0 Å². The first kappa shape index (κ1) is 9.02. The van der Waals surface area contributed by atoms with E-state index in [4.69, 9.17) is 10.5 Å². The van der Waals surface area contributed by atoms with E-state index in [1.54, 1.807) is 0 Å². The van der Waals surface area contributed by atoms with Crippen molar-refractivity contribution in [3.05, 3.63) is 23.9 Å². The summed E-state index contributed by atoms with van der Waals surface area (Å²) in [6.07, 6.45) is 0. The number of hydrogen-bond acceptors (Lipinski definition) is 3. The normalized spacial score (nSPS) is 10.7. The van der Waals surface area contributed by atoms with Gasteiger partial charge in [-0.25, -0.2) is 0 Å². The van der Waals surface area contributed by atoms with E-state index in [1.807, 2.05) is 25.1 Å². The zero-order valence-electron chi connectivity index (χ0n) is 8.08. The minimum Gasteiger partial charge on any atom is -0.491 e.